The number of nitrogens with zero attached hydrogens (tertiary/aromatic N) is 3. The maximum Gasteiger partial charge on any atom is 0.227 e. The minimum atomic E-state index is -0.656. The highest BCUT2D eigenvalue weighted by molar-refractivity contribution is 6.30. The average Bonchev–Trinajstić information content (AvgIpc) is 3.11. The molecule has 1 heterocycles. The van der Waals surface area contributed by atoms with E-state index in [0.29, 0.717) is 49.5 Å². The van der Waals surface area contributed by atoms with Crippen molar-refractivity contribution in [3.8, 4) is 17.3 Å². The smallest absolute Gasteiger partial charge is 0.227 e. The van der Waals surface area contributed by atoms with Crippen LogP contribution < -0.4 is 4.74 Å². The minimum Gasteiger partial charge on any atom is -0.438 e. The zero-order valence-corrected chi connectivity index (χ0v) is 20.5. The standard InChI is InChI=1S/C25H31ClFN3O4/c1-4-33-17-22(31)15-29(12-13-32-3)16-24-18(2)28-30(21-10-8-19(26)9-11-21)25(24)34-23-7-5-6-20(27)14-23/h5-11,14,22,31H,4,12-13,15-17H2,1-3H3. The molecule has 0 aliphatic heterocycles. The van der Waals surface area contributed by atoms with Gasteiger partial charge >= 0.3 is 0 Å². The van der Waals surface area contributed by atoms with Gasteiger partial charge in [0.15, 0.2) is 0 Å². The fraction of sp³-hybridized carbons (Fsp3) is 0.400. The van der Waals surface area contributed by atoms with Gasteiger partial charge in [0, 0.05) is 44.4 Å². The number of aryl methyl sites for hydroxylation is 1. The van der Waals surface area contributed by atoms with E-state index in [1.165, 1.54) is 12.1 Å². The first-order valence-electron chi connectivity index (χ1n) is 11.2. The summed E-state index contributed by atoms with van der Waals surface area (Å²) in [5, 5.41) is 15.7. The Morgan fingerprint density at radius 3 is 2.65 bits per heavy atom. The third-order valence-electron chi connectivity index (χ3n) is 5.20. The van der Waals surface area contributed by atoms with Gasteiger partial charge in [-0.2, -0.15) is 5.10 Å². The number of benzene rings is 2. The van der Waals surface area contributed by atoms with E-state index in [4.69, 9.17) is 30.9 Å². The second-order valence-electron chi connectivity index (χ2n) is 7.86. The van der Waals surface area contributed by atoms with Gasteiger partial charge < -0.3 is 19.3 Å². The van der Waals surface area contributed by atoms with Crippen molar-refractivity contribution in [3.63, 3.8) is 0 Å². The molecule has 34 heavy (non-hydrogen) atoms. The van der Waals surface area contributed by atoms with Crippen LogP contribution in [0.2, 0.25) is 5.02 Å². The summed E-state index contributed by atoms with van der Waals surface area (Å²) in [6.07, 6.45) is -0.656. The van der Waals surface area contributed by atoms with Crippen LogP contribution in [-0.2, 0) is 16.0 Å². The van der Waals surface area contributed by atoms with Crippen LogP contribution in [0.4, 0.5) is 4.39 Å². The van der Waals surface area contributed by atoms with Crippen molar-refractivity contribution in [1.82, 2.24) is 14.7 Å². The number of methoxy groups -OCH3 is 1. The van der Waals surface area contributed by atoms with Crippen LogP contribution in [0, 0.1) is 12.7 Å². The molecule has 1 unspecified atom stereocenters. The molecule has 1 atom stereocenters. The summed E-state index contributed by atoms with van der Waals surface area (Å²) >= 11 is 6.07. The molecule has 0 amide bonds. The quantitative estimate of drug-likeness (QED) is 0.376. The molecule has 1 aromatic heterocycles. The average molecular weight is 492 g/mol. The number of hydrogen-bond acceptors (Lipinski definition) is 6. The molecule has 0 radical (unpaired) electrons. The van der Waals surface area contributed by atoms with Crippen molar-refractivity contribution in [3.05, 3.63) is 70.6 Å². The predicted octanol–water partition coefficient (Wildman–Crippen LogP) is 4.61. The van der Waals surface area contributed by atoms with Crippen molar-refractivity contribution in [1.29, 1.82) is 0 Å². The Morgan fingerprint density at radius 1 is 1.21 bits per heavy atom. The summed E-state index contributed by atoms with van der Waals surface area (Å²) in [5.74, 6) is 0.428. The highest BCUT2D eigenvalue weighted by Crippen LogP contribution is 2.32. The largest absolute Gasteiger partial charge is 0.438 e. The van der Waals surface area contributed by atoms with Gasteiger partial charge in [-0.15, -0.1) is 0 Å². The van der Waals surface area contributed by atoms with Crippen molar-refractivity contribution in [2.75, 3.05) is 40.0 Å². The summed E-state index contributed by atoms with van der Waals surface area (Å²) < 4.78 is 32.4. The summed E-state index contributed by atoms with van der Waals surface area (Å²) in [7, 11) is 1.64. The van der Waals surface area contributed by atoms with E-state index in [1.807, 2.05) is 26.0 Å². The van der Waals surface area contributed by atoms with Gasteiger partial charge in [0.2, 0.25) is 5.88 Å². The van der Waals surface area contributed by atoms with Crippen LogP contribution in [0.25, 0.3) is 5.69 Å². The second-order valence-corrected chi connectivity index (χ2v) is 8.29. The molecule has 3 aromatic rings. The molecule has 0 aliphatic carbocycles. The van der Waals surface area contributed by atoms with Crippen molar-refractivity contribution < 1.29 is 23.7 Å². The first-order chi connectivity index (χ1) is 16.4. The molecule has 0 saturated heterocycles. The Labute approximate surface area is 204 Å². The van der Waals surface area contributed by atoms with E-state index >= 15 is 0 Å². The van der Waals surface area contributed by atoms with E-state index in [1.54, 1.807) is 36.1 Å². The number of ether oxygens (including phenoxy) is 3. The topological polar surface area (TPSA) is 69.0 Å². The van der Waals surface area contributed by atoms with Crippen molar-refractivity contribution >= 4 is 11.6 Å². The molecule has 3 rings (SSSR count). The summed E-state index contributed by atoms with van der Waals surface area (Å²) in [4.78, 5) is 2.06. The van der Waals surface area contributed by atoms with Gasteiger partial charge in [-0.25, -0.2) is 9.07 Å². The van der Waals surface area contributed by atoms with Crippen LogP contribution >= 0.6 is 11.6 Å². The highest BCUT2D eigenvalue weighted by atomic mass is 35.5. The predicted molar refractivity (Wildman–Crippen MR) is 129 cm³/mol. The van der Waals surface area contributed by atoms with E-state index in [2.05, 4.69) is 4.90 Å². The fourth-order valence-corrected chi connectivity index (χ4v) is 3.63. The molecule has 0 spiro atoms. The van der Waals surface area contributed by atoms with E-state index in [0.717, 1.165) is 16.9 Å². The van der Waals surface area contributed by atoms with Crippen LogP contribution in [0.3, 0.4) is 0 Å². The Balaban J connectivity index is 1.97. The third-order valence-corrected chi connectivity index (χ3v) is 5.45. The van der Waals surface area contributed by atoms with Gasteiger partial charge in [0.1, 0.15) is 11.6 Å². The lowest BCUT2D eigenvalue weighted by Crippen LogP contribution is -2.36. The van der Waals surface area contributed by atoms with Crippen LogP contribution in [-0.4, -0.2) is 65.9 Å². The molecular formula is C25H31ClFN3O4. The van der Waals surface area contributed by atoms with E-state index in [9.17, 15) is 9.50 Å². The van der Waals surface area contributed by atoms with E-state index < -0.39 is 11.9 Å². The lowest BCUT2D eigenvalue weighted by Gasteiger charge is -2.25. The van der Waals surface area contributed by atoms with Crippen molar-refractivity contribution in [2.24, 2.45) is 0 Å². The zero-order valence-electron chi connectivity index (χ0n) is 19.7. The fourth-order valence-electron chi connectivity index (χ4n) is 3.51. The van der Waals surface area contributed by atoms with Gasteiger partial charge in [-0.05, 0) is 50.2 Å². The number of aliphatic hydroxyl groups is 1. The molecule has 0 fully saturated rings. The molecule has 1 N–H and O–H groups in total. The number of hydrogen-bond donors (Lipinski definition) is 1. The van der Waals surface area contributed by atoms with Crippen LogP contribution in [0.15, 0.2) is 48.5 Å². The summed E-state index contributed by atoms with van der Waals surface area (Å²) in [5.41, 5.74) is 2.33. The Hall–Kier alpha value is -2.49. The Morgan fingerprint density at radius 2 is 1.97 bits per heavy atom. The second kappa shape index (κ2) is 12.8. The van der Waals surface area contributed by atoms with Gasteiger partial charge in [0.25, 0.3) is 0 Å². The van der Waals surface area contributed by atoms with Crippen molar-refractivity contribution in [2.45, 2.75) is 26.5 Å². The normalized spacial score (nSPS) is 12.3. The maximum absolute atomic E-state index is 13.9. The van der Waals surface area contributed by atoms with Crippen LogP contribution in [0.1, 0.15) is 18.2 Å². The molecule has 7 nitrogen and oxygen atoms in total. The lowest BCUT2D eigenvalue weighted by molar-refractivity contribution is 0.0147. The first kappa shape index (κ1) is 26.1. The van der Waals surface area contributed by atoms with Gasteiger partial charge in [0.05, 0.1) is 36.3 Å². The molecule has 9 heteroatoms. The number of rotatable bonds is 13. The van der Waals surface area contributed by atoms with Gasteiger partial charge in [-0.3, -0.25) is 4.90 Å². The highest BCUT2D eigenvalue weighted by Gasteiger charge is 2.23. The maximum atomic E-state index is 13.9. The SMILES string of the molecule is CCOCC(O)CN(CCOC)Cc1c(C)nn(-c2ccc(Cl)cc2)c1Oc1cccc(F)c1. The van der Waals surface area contributed by atoms with Crippen LogP contribution in [0.5, 0.6) is 11.6 Å². The Bertz CT molecular complexity index is 1050. The minimum absolute atomic E-state index is 0.246. The molecular weight excluding hydrogens is 461 g/mol. The monoisotopic (exact) mass is 491 g/mol. The van der Waals surface area contributed by atoms with E-state index in [-0.39, 0.29) is 6.61 Å². The summed E-state index contributed by atoms with van der Waals surface area (Å²) in [6, 6.07) is 13.2. The number of halogens is 2. The lowest BCUT2D eigenvalue weighted by atomic mass is 10.2. The first-order valence-corrected chi connectivity index (χ1v) is 11.5. The molecule has 0 saturated carbocycles. The molecule has 0 bridgehead atoms. The Kier molecular flexibility index (Phi) is 9.86. The van der Waals surface area contributed by atoms with Gasteiger partial charge in [-0.1, -0.05) is 17.7 Å². The molecule has 2 aromatic carbocycles. The number of aromatic nitrogens is 2. The molecule has 0 aliphatic rings. The summed E-state index contributed by atoms with van der Waals surface area (Å²) in [6.45, 7) is 6.47. The molecule has 184 valence electrons. The zero-order chi connectivity index (χ0) is 24.5. The third kappa shape index (κ3) is 7.25. The number of aliphatic hydroxyl groups excluding tert-OH is 1.